The molecule has 1 aromatic heterocycles. The third-order valence-electron chi connectivity index (χ3n) is 3.34. The summed E-state index contributed by atoms with van der Waals surface area (Å²) in [5.41, 5.74) is 1.89. The number of aromatic nitrogens is 1. The molecule has 1 aromatic carbocycles. The van der Waals surface area contributed by atoms with Crippen LogP contribution < -0.4 is 10.1 Å². The van der Waals surface area contributed by atoms with Crippen LogP contribution in [-0.4, -0.2) is 36.0 Å². The third-order valence-corrected chi connectivity index (χ3v) is 3.34. The second-order valence-corrected chi connectivity index (χ2v) is 5.14. The van der Waals surface area contributed by atoms with Gasteiger partial charge in [-0.1, -0.05) is 30.3 Å². The number of pyridine rings is 1. The Morgan fingerprint density at radius 2 is 2.00 bits per heavy atom. The number of hydrogen-bond donors (Lipinski definition) is 1. The highest BCUT2D eigenvalue weighted by Gasteiger charge is 2.17. The molecule has 0 saturated heterocycles. The number of carbonyl (C=O) groups is 1. The molecule has 0 saturated carbocycles. The van der Waals surface area contributed by atoms with Gasteiger partial charge in [0, 0.05) is 19.7 Å². The van der Waals surface area contributed by atoms with Crippen LogP contribution in [0.25, 0.3) is 0 Å². The van der Waals surface area contributed by atoms with Crippen molar-refractivity contribution in [2.75, 3.05) is 19.5 Å². The molecule has 0 bridgehead atoms. The summed E-state index contributed by atoms with van der Waals surface area (Å²) in [6.45, 7) is 2.43. The number of nitrogens with one attached hydrogen (secondary N) is 1. The first-order chi connectivity index (χ1) is 10.6. The molecule has 5 nitrogen and oxygen atoms in total. The number of likely N-dealkylation sites (N-methyl/N-ethyl adjacent to an activating group) is 1. The molecule has 0 fully saturated rings. The fourth-order valence-corrected chi connectivity index (χ4v) is 2.16. The van der Waals surface area contributed by atoms with E-state index in [-0.39, 0.29) is 11.9 Å². The van der Waals surface area contributed by atoms with Gasteiger partial charge in [-0.05, 0) is 18.6 Å². The molecule has 2 aromatic rings. The van der Waals surface area contributed by atoms with Crippen LogP contribution in [0.2, 0.25) is 0 Å². The quantitative estimate of drug-likeness (QED) is 0.890. The maximum Gasteiger partial charge on any atom is 0.244 e. The molecule has 1 N–H and O–H groups in total. The van der Waals surface area contributed by atoms with Crippen LogP contribution in [0.3, 0.4) is 0 Å². The molecule has 0 spiro atoms. The molecule has 1 heterocycles. The average Bonchev–Trinajstić information content (AvgIpc) is 2.55. The number of amides is 1. The largest absolute Gasteiger partial charge is 0.481 e. The van der Waals surface area contributed by atoms with Crippen molar-refractivity contribution in [3.05, 3.63) is 54.2 Å². The van der Waals surface area contributed by atoms with E-state index in [4.69, 9.17) is 4.74 Å². The molecule has 0 unspecified atom stereocenters. The summed E-state index contributed by atoms with van der Waals surface area (Å²) in [5, 5.41) is 3.15. The summed E-state index contributed by atoms with van der Waals surface area (Å²) >= 11 is 0. The van der Waals surface area contributed by atoms with E-state index >= 15 is 0 Å². The second kappa shape index (κ2) is 7.45. The van der Waals surface area contributed by atoms with Crippen LogP contribution in [0, 0.1) is 0 Å². The summed E-state index contributed by atoms with van der Waals surface area (Å²) in [7, 11) is 3.37. The number of benzene rings is 1. The lowest BCUT2D eigenvalue weighted by Crippen LogP contribution is -2.38. The Kier molecular flexibility index (Phi) is 5.36. The number of rotatable bonds is 6. The Labute approximate surface area is 130 Å². The van der Waals surface area contributed by atoms with Crippen LogP contribution in [-0.2, 0) is 11.3 Å². The topological polar surface area (TPSA) is 54.5 Å². The summed E-state index contributed by atoms with van der Waals surface area (Å²) in [6, 6.07) is 13.2. The lowest BCUT2D eigenvalue weighted by molar-refractivity contribution is -0.130. The molecule has 0 aliphatic carbocycles. The minimum Gasteiger partial charge on any atom is -0.481 e. The predicted molar refractivity (Wildman–Crippen MR) is 86.8 cm³/mol. The van der Waals surface area contributed by atoms with Crippen molar-refractivity contribution < 1.29 is 9.53 Å². The smallest absolute Gasteiger partial charge is 0.244 e. The Morgan fingerprint density at radius 1 is 1.27 bits per heavy atom. The van der Waals surface area contributed by atoms with Gasteiger partial charge in [0.05, 0.1) is 19.0 Å². The van der Waals surface area contributed by atoms with Gasteiger partial charge in [0.15, 0.2) is 0 Å². The van der Waals surface area contributed by atoms with Crippen LogP contribution in [0.15, 0.2) is 48.7 Å². The SMILES string of the molecule is COc1ccc(N[C@@H](C)C(=O)N(C)Cc2ccccc2)cn1. The van der Waals surface area contributed by atoms with Gasteiger partial charge in [-0.2, -0.15) is 0 Å². The van der Waals surface area contributed by atoms with E-state index in [2.05, 4.69) is 10.3 Å². The second-order valence-electron chi connectivity index (χ2n) is 5.14. The van der Waals surface area contributed by atoms with Gasteiger partial charge in [-0.15, -0.1) is 0 Å². The van der Waals surface area contributed by atoms with Crippen molar-refractivity contribution >= 4 is 11.6 Å². The minimum atomic E-state index is -0.330. The molecule has 22 heavy (non-hydrogen) atoms. The molecule has 0 aliphatic rings. The number of carbonyl (C=O) groups excluding carboxylic acids is 1. The molecule has 0 radical (unpaired) electrons. The van der Waals surface area contributed by atoms with Gasteiger partial charge in [0.25, 0.3) is 0 Å². The van der Waals surface area contributed by atoms with Gasteiger partial charge in [-0.3, -0.25) is 4.79 Å². The van der Waals surface area contributed by atoms with Gasteiger partial charge in [0.1, 0.15) is 6.04 Å². The van der Waals surface area contributed by atoms with E-state index in [0.717, 1.165) is 11.3 Å². The predicted octanol–water partition coefficient (Wildman–Crippen LogP) is 2.55. The summed E-state index contributed by atoms with van der Waals surface area (Å²) in [6.07, 6.45) is 1.65. The highest BCUT2D eigenvalue weighted by molar-refractivity contribution is 5.84. The number of hydrogen-bond acceptors (Lipinski definition) is 4. The number of methoxy groups -OCH3 is 1. The van der Waals surface area contributed by atoms with Crippen molar-refractivity contribution in [1.82, 2.24) is 9.88 Å². The highest BCUT2D eigenvalue weighted by Crippen LogP contribution is 2.13. The molecule has 1 atom stereocenters. The van der Waals surface area contributed by atoms with E-state index in [0.29, 0.717) is 12.4 Å². The zero-order chi connectivity index (χ0) is 15.9. The summed E-state index contributed by atoms with van der Waals surface area (Å²) in [4.78, 5) is 18.2. The monoisotopic (exact) mass is 299 g/mol. The molecule has 0 aliphatic heterocycles. The third kappa shape index (κ3) is 4.22. The fraction of sp³-hybridized carbons (Fsp3) is 0.294. The average molecular weight is 299 g/mol. The normalized spacial score (nSPS) is 11.6. The van der Waals surface area contributed by atoms with E-state index in [1.165, 1.54) is 0 Å². The Bertz CT molecular complexity index is 599. The molecule has 2 rings (SSSR count). The zero-order valence-electron chi connectivity index (χ0n) is 13.1. The Morgan fingerprint density at radius 3 is 2.59 bits per heavy atom. The first kappa shape index (κ1) is 15.8. The zero-order valence-corrected chi connectivity index (χ0v) is 13.1. The summed E-state index contributed by atoms with van der Waals surface area (Å²) in [5.74, 6) is 0.574. The van der Waals surface area contributed by atoms with Crippen molar-refractivity contribution in [2.24, 2.45) is 0 Å². The molecule has 1 amide bonds. The number of anilines is 1. The minimum absolute atomic E-state index is 0.0275. The van der Waals surface area contributed by atoms with Crippen molar-refractivity contribution in [3.63, 3.8) is 0 Å². The van der Waals surface area contributed by atoms with Crippen LogP contribution in [0.1, 0.15) is 12.5 Å². The first-order valence-electron chi connectivity index (χ1n) is 7.15. The highest BCUT2D eigenvalue weighted by atomic mass is 16.5. The van der Waals surface area contributed by atoms with Gasteiger partial charge in [0.2, 0.25) is 11.8 Å². The fourth-order valence-electron chi connectivity index (χ4n) is 2.16. The Balaban J connectivity index is 1.93. The van der Waals surface area contributed by atoms with Crippen molar-refractivity contribution in [2.45, 2.75) is 19.5 Å². The van der Waals surface area contributed by atoms with E-state index in [1.54, 1.807) is 31.3 Å². The van der Waals surface area contributed by atoms with Crippen LogP contribution >= 0.6 is 0 Å². The van der Waals surface area contributed by atoms with Crippen molar-refractivity contribution in [3.8, 4) is 5.88 Å². The molecule has 5 heteroatoms. The van der Waals surface area contributed by atoms with E-state index in [1.807, 2.05) is 43.3 Å². The molecule has 116 valence electrons. The molecular weight excluding hydrogens is 278 g/mol. The van der Waals surface area contributed by atoms with Crippen molar-refractivity contribution in [1.29, 1.82) is 0 Å². The van der Waals surface area contributed by atoms with E-state index in [9.17, 15) is 4.79 Å². The molecular formula is C17H21N3O2. The number of ether oxygens (including phenoxy) is 1. The maximum atomic E-state index is 12.4. The van der Waals surface area contributed by atoms with Gasteiger partial charge >= 0.3 is 0 Å². The summed E-state index contributed by atoms with van der Waals surface area (Å²) < 4.78 is 5.01. The van der Waals surface area contributed by atoms with Gasteiger partial charge in [-0.25, -0.2) is 4.98 Å². The standard InChI is InChI=1S/C17H21N3O2/c1-13(19-15-9-10-16(22-3)18-11-15)17(21)20(2)12-14-7-5-4-6-8-14/h4-11,13,19H,12H2,1-3H3/t13-/m0/s1. The lowest BCUT2D eigenvalue weighted by Gasteiger charge is -2.22. The first-order valence-corrected chi connectivity index (χ1v) is 7.15. The lowest BCUT2D eigenvalue weighted by atomic mass is 10.2. The maximum absolute atomic E-state index is 12.4. The number of nitrogens with zero attached hydrogens (tertiary/aromatic N) is 2. The van der Waals surface area contributed by atoms with Crippen LogP contribution in [0.4, 0.5) is 5.69 Å². The van der Waals surface area contributed by atoms with Crippen LogP contribution in [0.5, 0.6) is 5.88 Å². The van der Waals surface area contributed by atoms with Gasteiger partial charge < -0.3 is 15.0 Å². The Hall–Kier alpha value is -2.56. The van der Waals surface area contributed by atoms with E-state index < -0.39 is 0 Å².